The number of piperidine rings is 1. The Morgan fingerprint density at radius 2 is 2.43 bits per heavy atom. The monoisotopic (exact) mass is 200 g/mol. The number of carboxylic acids is 1. The van der Waals surface area contributed by atoms with Gasteiger partial charge in [0.25, 0.3) is 0 Å². The van der Waals surface area contributed by atoms with Crippen molar-refractivity contribution in [1.29, 1.82) is 0 Å². The molecule has 82 valence electrons. The Morgan fingerprint density at radius 1 is 1.71 bits per heavy atom. The Hall–Kier alpha value is -0.610. The molecule has 4 heteroatoms. The largest absolute Gasteiger partial charge is 0.480 e. The number of likely N-dealkylation sites (tertiary alicyclic amines) is 1. The van der Waals surface area contributed by atoms with E-state index in [2.05, 4.69) is 0 Å². The third kappa shape index (κ3) is 2.96. The van der Waals surface area contributed by atoms with E-state index in [9.17, 15) is 4.79 Å². The van der Waals surface area contributed by atoms with Crippen LogP contribution in [-0.4, -0.2) is 41.1 Å². The first-order valence-electron chi connectivity index (χ1n) is 5.37. The van der Waals surface area contributed by atoms with Gasteiger partial charge >= 0.3 is 5.97 Å². The fourth-order valence-corrected chi connectivity index (χ4v) is 2.06. The van der Waals surface area contributed by atoms with Crippen molar-refractivity contribution in [2.45, 2.75) is 44.7 Å². The minimum Gasteiger partial charge on any atom is -0.480 e. The Labute approximate surface area is 85.1 Å². The molecule has 1 saturated heterocycles. The molecule has 3 N–H and O–H groups in total. The number of hydrogen-bond acceptors (Lipinski definition) is 3. The van der Waals surface area contributed by atoms with E-state index in [0.29, 0.717) is 0 Å². The fourth-order valence-electron chi connectivity index (χ4n) is 2.06. The Morgan fingerprint density at radius 3 is 2.93 bits per heavy atom. The second kappa shape index (κ2) is 5.32. The van der Waals surface area contributed by atoms with Gasteiger partial charge in [0.1, 0.15) is 6.04 Å². The molecular weight excluding hydrogens is 180 g/mol. The molecule has 0 saturated carbocycles. The predicted molar refractivity (Wildman–Crippen MR) is 55.1 cm³/mol. The molecule has 0 spiro atoms. The van der Waals surface area contributed by atoms with Gasteiger partial charge in [-0.25, -0.2) is 0 Å². The van der Waals surface area contributed by atoms with Crippen molar-refractivity contribution in [3.8, 4) is 0 Å². The third-order valence-electron chi connectivity index (χ3n) is 2.78. The molecular formula is C10H20N2O2. The molecule has 1 unspecified atom stereocenters. The van der Waals surface area contributed by atoms with Crippen molar-refractivity contribution in [3.63, 3.8) is 0 Å². The standard InChI is InChI=1S/C10H20N2O2/c1-2-4-9(10(13)14)12-6-3-5-8(11)7-12/h8-9H,2-7,11H2,1H3,(H,13,14)/t8-,9?/m1/s1. The van der Waals surface area contributed by atoms with Crippen LogP contribution in [0.3, 0.4) is 0 Å². The molecule has 1 aliphatic heterocycles. The second-order valence-corrected chi connectivity index (χ2v) is 4.04. The minimum absolute atomic E-state index is 0.155. The first-order valence-corrected chi connectivity index (χ1v) is 5.37. The zero-order valence-electron chi connectivity index (χ0n) is 8.78. The molecule has 1 aliphatic rings. The quantitative estimate of drug-likeness (QED) is 0.699. The lowest BCUT2D eigenvalue weighted by atomic mass is 10.0. The molecule has 14 heavy (non-hydrogen) atoms. The lowest BCUT2D eigenvalue weighted by Crippen LogP contribution is -2.50. The molecule has 2 atom stereocenters. The summed E-state index contributed by atoms with van der Waals surface area (Å²) in [5, 5.41) is 9.06. The molecule has 1 heterocycles. The number of rotatable bonds is 4. The van der Waals surface area contributed by atoms with Gasteiger partial charge in [-0.3, -0.25) is 9.69 Å². The van der Waals surface area contributed by atoms with E-state index in [4.69, 9.17) is 10.8 Å². The topological polar surface area (TPSA) is 66.6 Å². The molecule has 0 aromatic heterocycles. The van der Waals surface area contributed by atoms with Crippen LogP contribution in [0.25, 0.3) is 0 Å². The summed E-state index contributed by atoms with van der Waals surface area (Å²) in [4.78, 5) is 13.0. The highest BCUT2D eigenvalue weighted by molar-refractivity contribution is 5.73. The first-order chi connectivity index (χ1) is 6.65. The van der Waals surface area contributed by atoms with Gasteiger partial charge in [0.05, 0.1) is 0 Å². The average molecular weight is 200 g/mol. The third-order valence-corrected chi connectivity index (χ3v) is 2.78. The lowest BCUT2D eigenvalue weighted by molar-refractivity contribution is -0.144. The summed E-state index contributed by atoms with van der Waals surface area (Å²) in [5.74, 6) is -0.707. The van der Waals surface area contributed by atoms with E-state index in [1.807, 2.05) is 11.8 Å². The number of carboxylic acid groups (broad SMARTS) is 1. The van der Waals surface area contributed by atoms with Crippen LogP contribution in [0, 0.1) is 0 Å². The lowest BCUT2D eigenvalue weighted by Gasteiger charge is -2.34. The zero-order valence-corrected chi connectivity index (χ0v) is 8.78. The highest BCUT2D eigenvalue weighted by atomic mass is 16.4. The minimum atomic E-state index is -0.707. The van der Waals surface area contributed by atoms with Crippen LogP contribution in [0.2, 0.25) is 0 Å². The molecule has 1 fully saturated rings. The van der Waals surface area contributed by atoms with E-state index >= 15 is 0 Å². The highest BCUT2D eigenvalue weighted by Crippen LogP contribution is 2.15. The zero-order chi connectivity index (χ0) is 10.6. The highest BCUT2D eigenvalue weighted by Gasteiger charge is 2.28. The van der Waals surface area contributed by atoms with Crippen LogP contribution >= 0.6 is 0 Å². The van der Waals surface area contributed by atoms with Crippen LogP contribution in [0.1, 0.15) is 32.6 Å². The van der Waals surface area contributed by atoms with E-state index in [1.165, 1.54) is 0 Å². The molecule has 0 radical (unpaired) electrons. The van der Waals surface area contributed by atoms with Crippen molar-refractivity contribution in [3.05, 3.63) is 0 Å². The van der Waals surface area contributed by atoms with Crippen LogP contribution in [0.5, 0.6) is 0 Å². The number of hydrogen-bond donors (Lipinski definition) is 2. The first kappa shape index (κ1) is 11.5. The summed E-state index contributed by atoms with van der Waals surface area (Å²) in [6.07, 6.45) is 3.67. The van der Waals surface area contributed by atoms with Crippen LogP contribution in [0.15, 0.2) is 0 Å². The van der Waals surface area contributed by atoms with E-state index < -0.39 is 5.97 Å². The Balaban J connectivity index is 2.53. The average Bonchev–Trinajstić information content (AvgIpc) is 2.13. The van der Waals surface area contributed by atoms with Gasteiger partial charge in [0.2, 0.25) is 0 Å². The second-order valence-electron chi connectivity index (χ2n) is 4.04. The molecule has 0 aromatic carbocycles. The number of carbonyl (C=O) groups is 1. The molecule has 0 aromatic rings. The van der Waals surface area contributed by atoms with Gasteiger partial charge in [0.15, 0.2) is 0 Å². The van der Waals surface area contributed by atoms with Crippen molar-refractivity contribution in [1.82, 2.24) is 4.90 Å². The van der Waals surface area contributed by atoms with E-state index in [-0.39, 0.29) is 12.1 Å². The summed E-state index contributed by atoms with van der Waals surface area (Å²) < 4.78 is 0. The van der Waals surface area contributed by atoms with Crippen molar-refractivity contribution < 1.29 is 9.90 Å². The van der Waals surface area contributed by atoms with Gasteiger partial charge in [-0.05, 0) is 25.8 Å². The van der Waals surface area contributed by atoms with Crippen molar-refractivity contribution in [2.75, 3.05) is 13.1 Å². The summed E-state index contributed by atoms with van der Waals surface area (Å²) in [7, 11) is 0. The van der Waals surface area contributed by atoms with Crippen molar-refractivity contribution >= 4 is 5.97 Å². The summed E-state index contributed by atoms with van der Waals surface area (Å²) in [6, 6.07) is -0.172. The van der Waals surface area contributed by atoms with Crippen LogP contribution in [0.4, 0.5) is 0 Å². The van der Waals surface area contributed by atoms with Crippen molar-refractivity contribution in [2.24, 2.45) is 5.73 Å². The molecule has 0 amide bonds. The number of nitrogens with two attached hydrogens (primary N) is 1. The van der Waals surface area contributed by atoms with Gasteiger partial charge in [-0.2, -0.15) is 0 Å². The SMILES string of the molecule is CCCC(C(=O)O)N1CCC[C@@H](N)C1. The molecule has 4 nitrogen and oxygen atoms in total. The normalized spacial score (nSPS) is 26.0. The Bertz CT molecular complexity index is 197. The molecule has 0 bridgehead atoms. The molecule has 1 rings (SSSR count). The van der Waals surface area contributed by atoms with E-state index in [1.54, 1.807) is 0 Å². The fraction of sp³-hybridized carbons (Fsp3) is 0.900. The van der Waals surface area contributed by atoms with E-state index in [0.717, 1.165) is 38.8 Å². The van der Waals surface area contributed by atoms with Crippen LogP contribution in [-0.2, 0) is 4.79 Å². The smallest absolute Gasteiger partial charge is 0.320 e. The maximum absolute atomic E-state index is 11.0. The van der Waals surface area contributed by atoms with Crippen LogP contribution < -0.4 is 5.73 Å². The van der Waals surface area contributed by atoms with Gasteiger partial charge < -0.3 is 10.8 Å². The van der Waals surface area contributed by atoms with Gasteiger partial charge in [-0.1, -0.05) is 13.3 Å². The number of nitrogens with zero attached hydrogens (tertiary/aromatic N) is 1. The summed E-state index contributed by atoms with van der Waals surface area (Å²) in [6.45, 7) is 3.63. The summed E-state index contributed by atoms with van der Waals surface area (Å²) in [5.41, 5.74) is 5.82. The Kier molecular flexibility index (Phi) is 4.35. The molecule has 0 aliphatic carbocycles. The van der Waals surface area contributed by atoms with Gasteiger partial charge in [0, 0.05) is 12.6 Å². The predicted octanol–water partition coefficient (Wildman–Crippen LogP) is 0.663. The summed E-state index contributed by atoms with van der Waals surface area (Å²) >= 11 is 0. The maximum atomic E-state index is 11.0. The maximum Gasteiger partial charge on any atom is 0.320 e. The number of aliphatic carboxylic acids is 1. The van der Waals surface area contributed by atoms with Gasteiger partial charge in [-0.15, -0.1) is 0 Å².